The number of aliphatic imine (C=N–C) groups is 1. The minimum Gasteiger partial charge on any atom is -0.478 e. The fourth-order valence-electron chi connectivity index (χ4n) is 2.47. The van der Waals surface area contributed by atoms with Crippen LogP contribution in [-0.2, 0) is 9.59 Å². The third kappa shape index (κ3) is 3.74. The summed E-state index contributed by atoms with van der Waals surface area (Å²) >= 11 is 5.78. The Hall–Kier alpha value is -3.59. The van der Waals surface area contributed by atoms with E-state index in [4.69, 9.17) is 16.7 Å². The molecule has 0 aromatic heterocycles. The molecule has 4 amide bonds. The smallest absolute Gasteiger partial charge is 0.337 e. The summed E-state index contributed by atoms with van der Waals surface area (Å²) in [6.07, 6.45) is 0.996. The van der Waals surface area contributed by atoms with E-state index < -0.39 is 35.5 Å². The van der Waals surface area contributed by atoms with E-state index in [0.29, 0.717) is 4.90 Å². The zero-order chi connectivity index (χ0) is 20.4. The molecular weight excluding hydrogens is 393 g/mol. The summed E-state index contributed by atoms with van der Waals surface area (Å²) in [5.41, 5.74) is 0.0287. The van der Waals surface area contributed by atoms with Crippen LogP contribution in [-0.4, -0.2) is 35.1 Å². The first-order valence-electron chi connectivity index (χ1n) is 7.79. The van der Waals surface area contributed by atoms with Crippen LogP contribution in [0.3, 0.4) is 0 Å². The van der Waals surface area contributed by atoms with Gasteiger partial charge in [0.2, 0.25) is 5.91 Å². The van der Waals surface area contributed by atoms with E-state index in [-0.39, 0.29) is 22.0 Å². The van der Waals surface area contributed by atoms with Gasteiger partial charge in [-0.05, 0) is 42.5 Å². The molecule has 2 aromatic carbocycles. The topological polar surface area (TPSA) is 116 Å². The Kier molecular flexibility index (Phi) is 5.18. The van der Waals surface area contributed by atoms with Crippen LogP contribution in [0.5, 0.6) is 0 Å². The number of carbonyl (C=O) groups is 4. The number of aromatic carboxylic acids is 1. The Morgan fingerprint density at radius 1 is 1.18 bits per heavy atom. The molecule has 1 atom stereocenters. The molecule has 1 aliphatic heterocycles. The maximum atomic E-state index is 13.1. The number of anilines is 1. The monoisotopic (exact) mass is 403 g/mol. The van der Waals surface area contributed by atoms with E-state index >= 15 is 0 Å². The second-order valence-electron chi connectivity index (χ2n) is 5.67. The molecule has 0 saturated carbocycles. The van der Waals surface area contributed by atoms with Crippen LogP contribution < -0.4 is 10.2 Å². The second kappa shape index (κ2) is 7.57. The molecule has 0 unspecified atom stereocenters. The lowest BCUT2D eigenvalue weighted by Gasteiger charge is -2.28. The Morgan fingerprint density at radius 3 is 2.50 bits per heavy atom. The number of imide groups is 2. The number of hydrogen-bond donors (Lipinski definition) is 2. The molecule has 1 heterocycles. The fourth-order valence-corrected chi connectivity index (χ4v) is 2.67. The standard InChI is InChI=1S/C18H11ClFN3O5/c19-14-6-3-10(7-12(14)17(26)27)21-8-13-15(24)22-18(28)23(16(13)25)11-4-1-9(20)2-5-11/h1-8,13H,(H,26,27)(H,22,24,28)/t13-/m1/s1. The van der Waals surface area contributed by atoms with Crippen LogP contribution in [0.15, 0.2) is 47.5 Å². The predicted octanol–water partition coefficient (Wildman–Crippen LogP) is 2.78. The quantitative estimate of drug-likeness (QED) is 0.601. The van der Waals surface area contributed by atoms with Crippen molar-refractivity contribution in [3.8, 4) is 0 Å². The molecule has 3 rings (SSSR count). The lowest BCUT2D eigenvalue weighted by atomic mass is 10.1. The zero-order valence-corrected chi connectivity index (χ0v) is 14.7. The summed E-state index contributed by atoms with van der Waals surface area (Å²) < 4.78 is 13.1. The van der Waals surface area contributed by atoms with E-state index in [1.165, 1.54) is 30.3 Å². The van der Waals surface area contributed by atoms with Crippen LogP contribution in [0.25, 0.3) is 0 Å². The van der Waals surface area contributed by atoms with Crippen molar-refractivity contribution in [3.05, 3.63) is 58.9 Å². The van der Waals surface area contributed by atoms with Gasteiger partial charge in [-0.3, -0.25) is 19.9 Å². The average Bonchev–Trinajstić information content (AvgIpc) is 2.63. The SMILES string of the molecule is O=C(O)c1cc(N=C[C@@H]2C(=O)NC(=O)N(c3ccc(F)cc3)C2=O)ccc1Cl. The lowest BCUT2D eigenvalue weighted by molar-refractivity contribution is -0.131. The molecule has 2 N–H and O–H groups in total. The van der Waals surface area contributed by atoms with Crippen molar-refractivity contribution < 1.29 is 28.7 Å². The number of barbiturate groups is 1. The van der Waals surface area contributed by atoms with Gasteiger partial charge in [-0.1, -0.05) is 11.6 Å². The molecule has 0 aliphatic carbocycles. The molecule has 10 heteroatoms. The van der Waals surface area contributed by atoms with Crippen molar-refractivity contribution in [1.82, 2.24) is 5.32 Å². The predicted molar refractivity (Wildman–Crippen MR) is 97.5 cm³/mol. The van der Waals surface area contributed by atoms with Crippen molar-refractivity contribution in [1.29, 1.82) is 0 Å². The van der Waals surface area contributed by atoms with E-state index in [9.17, 15) is 23.6 Å². The van der Waals surface area contributed by atoms with Gasteiger partial charge in [0.1, 0.15) is 5.82 Å². The lowest BCUT2D eigenvalue weighted by Crippen LogP contribution is -2.58. The average molecular weight is 404 g/mol. The summed E-state index contributed by atoms with van der Waals surface area (Å²) in [6, 6.07) is 7.49. The van der Waals surface area contributed by atoms with Crippen molar-refractivity contribution in [2.75, 3.05) is 4.90 Å². The van der Waals surface area contributed by atoms with Gasteiger partial charge < -0.3 is 5.11 Å². The Labute approximate surface area is 162 Å². The summed E-state index contributed by atoms with van der Waals surface area (Å²) in [5.74, 6) is -5.02. The highest BCUT2D eigenvalue weighted by atomic mass is 35.5. The highest BCUT2D eigenvalue weighted by Gasteiger charge is 2.40. The molecule has 8 nitrogen and oxygen atoms in total. The van der Waals surface area contributed by atoms with Crippen LogP contribution >= 0.6 is 11.6 Å². The number of carbonyl (C=O) groups excluding carboxylic acids is 3. The van der Waals surface area contributed by atoms with Crippen LogP contribution in [0, 0.1) is 11.7 Å². The Morgan fingerprint density at radius 2 is 1.86 bits per heavy atom. The molecular formula is C18H11ClFN3O5. The number of benzene rings is 2. The Bertz CT molecular complexity index is 1020. The third-order valence-corrected chi connectivity index (χ3v) is 4.17. The molecule has 0 spiro atoms. The van der Waals surface area contributed by atoms with Crippen molar-refractivity contribution in [3.63, 3.8) is 0 Å². The molecule has 2 aromatic rings. The van der Waals surface area contributed by atoms with Crippen molar-refractivity contribution in [2.45, 2.75) is 0 Å². The third-order valence-electron chi connectivity index (χ3n) is 3.84. The number of carboxylic acids is 1. The summed E-state index contributed by atoms with van der Waals surface area (Å²) in [4.78, 5) is 52.5. The van der Waals surface area contributed by atoms with Crippen LogP contribution in [0.4, 0.5) is 20.6 Å². The summed E-state index contributed by atoms with van der Waals surface area (Å²) in [6.45, 7) is 0. The number of nitrogens with one attached hydrogen (secondary N) is 1. The van der Waals surface area contributed by atoms with E-state index in [1.54, 1.807) is 0 Å². The number of carboxylic acid groups (broad SMARTS) is 1. The number of amides is 4. The van der Waals surface area contributed by atoms with Crippen molar-refractivity contribution >= 4 is 53.0 Å². The number of halogens is 2. The highest BCUT2D eigenvalue weighted by molar-refractivity contribution is 6.34. The molecule has 142 valence electrons. The second-order valence-corrected chi connectivity index (χ2v) is 6.08. The molecule has 1 fully saturated rings. The first kappa shape index (κ1) is 19.2. The molecule has 1 aliphatic rings. The maximum absolute atomic E-state index is 13.1. The minimum absolute atomic E-state index is 0.00557. The van der Waals surface area contributed by atoms with Crippen molar-refractivity contribution in [2.24, 2.45) is 10.9 Å². The van der Waals surface area contributed by atoms with E-state index in [0.717, 1.165) is 18.3 Å². The number of nitrogens with zero attached hydrogens (tertiary/aromatic N) is 2. The largest absolute Gasteiger partial charge is 0.478 e. The van der Waals surface area contributed by atoms with Gasteiger partial charge in [-0.15, -0.1) is 0 Å². The summed E-state index contributed by atoms with van der Waals surface area (Å²) in [5, 5.41) is 11.1. The first-order chi connectivity index (χ1) is 13.3. The Balaban J connectivity index is 1.89. The first-order valence-corrected chi connectivity index (χ1v) is 8.17. The molecule has 0 radical (unpaired) electrons. The summed E-state index contributed by atoms with van der Waals surface area (Å²) in [7, 11) is 0. The fraction of sp³-hybridized carbons (Fsp3) is 0.0556. The molecule has 28 heavy (non-hydrogen) atoms. The van der Waals surface area contributed by atoms with Gasteiger partial charge in [0, 0.05) is 6.21 Å². The van der Waals surface area contributed by atoms with Crippen LogP contribution in [0.2, 0.25) is 5.02 Å². The van der Waals surface area contributed by atoms with Gasteiger partial charge in [0.25, 0.3) is 5.91 Å². The normalized spacial score (nSPS) is 17.1. The van der Waals surface area contributed by atoms with Gasteiger partial charge in [-0.2, -0.15) is 0 Å². The van der Waals surface area contributed by atoms with Gasteiger partial charge in [-0.25, -0.2) is 18.9 Å². The molecule has 1 saturated heterocycles. The van der Waals surface area contributed by atoms with E-state index in [1.807, 2.05) is 5.32 Å². The minimum atomic E-state index is -1.44. The number of rotatable bonds is 4. The van der Waals surface area contributed by atoms with E-state index in [2.05, 4.69) is 4.99 Å². The molecule has 0 bridgehead atoms. The number of hydrogen-bond acceptors (Lipinski definition) is 5. The maximum Gasteiger partial charge on any atom is 0.337 e. The number of urea groups is 1. The van der Waals surface area contributed by atoms with Gasteiger partial charge in [0.15, 0.2) is 5.92 Å². The van der Waals surface area contributed by atoms with Gasteiger partial charge >= 0.3 is 12.0 Å². The van der Waals surface area contributed by atoms with Gasteiger partial charge in [0.05, 0.1) is 22.0 Å². The highest BCUT2D eigenvalue weighted by Crippen LogP contribution is 2.24. The van der Waals surface area contributed by atoms with Crippen LogP contribution in [0.1, 0.15) is 10.4 Å². The zero-order valence-electron chi connectivity index (χ0n) is 13.9.